The fourth-order valence-corrected chi connectivity index (χ4v) is 3.05. The fourth-order valence-electron chi connectivity index (χ4n) is 3.05. The van der Waals surface area contributed by atoms with Crippen LogP contribution in [0.25, 0.3) is 0 Å². The van der Waals surface area contributed by atoms with Crippen LogP contribution in [0.1, 0.15) is 15.9 Å². The largest absolute Gasteiger partial charge is 0.493 e. The highest BCUT2D eigenvalue weighted by Gasteiger charge is 2.17. The lowest BCUT2D eigenvalue weighted by molar-refractivity contribution is -0.384. The van der Waals surface area contributed by atoms with E-state index in [9.17, 15) is 14.9 Å². The average molecular weight is 414 g/mol. The Morgan fingerprint density at radius 3 is 2.57 bits per heavy atom. The van der Waals surface area contributed by atoms with Crippen LogP contribution < -0.4 is 19.8 Å². The van der Waals surface area contributed by atoms with Crippen molar-refractivity contribution in [2.45, 2.75) is 0 Å². The molecule has 0 radical (unpaired) electrons. The van der Waals surface area contributed by atoms with Crippen LogP contribution in [-0.2, 0) is 4.74 Å². The molecular formula is C20H22N4O6. The lowest BCUT2D eigenvalue weighted by Crippen LogP contribution is -2.36. The molecule has 10 nitrogen and oxygen atoms in total. The maximum absolute atomic E-state index is 12.4. The number of hydrogen-bond acceptors (Lipinski definition) is 8. The van der Waals surface area contributed by atoms with Crippen LogP contribution in [0.5, 0.6) is 11.5 Å². The fraction of sp³-hybridized carbons (Fsp3) is 0.300. The lowest BCUT2D eigenvalue weighted by atomic mass is 10.1. The van der Waals surface area contributed by atoms with Crippen LogP contribution in [-0.4, -0.2) is 57.6 Å². The highest BCUT2D eigenvalue weighted by atomic mass is 16.6. The zero-order chi connectivity index (χ0) is 21.5. The molecule has 0 aliphatic carbocycles. The summed E-state index contributed by atoms with van der Waals surface area (Å²) in [6.45, 7) is 2.47. The monoisotopic (exact) mass is 414 g/mol. The number of benzene rings is 2. The maximum Gasteiger partial charge on any atom is 0.271 e. The number of nitro groups is 1. The average Bonchev–Trinajstić information content (AvgIpc) is 2.78. The Labute approximate surface area is 173 Å². The molecule has 0 saturated carbocycles. The molecule has 1 saturated heterocycles. The van der Waals surface area contributed by atoms with E-state index < -0.39 is 10.8 Å². The van der Waals surface area contributed by atoms with Gasteiger partial charge in [-0.2, -0.15) is 5.10 Å². The van der Waals surface area contributed by atoms with Gasteiger partial charge in [0.15, 0.2) is 11.5 Å². The first-order chi connectivity index (χ1) is 14.5. The van der Waals surface area contributed by atoms with Gasteiger partial charge < -0.3 is 19.1 Å². The molecule has 3 rings (SSSR count). The summed E-state index contributed by atoms with van der Waals surface area (Å²) in [6.07, 6.45) is 1.40. The van der Waals surface area contributed by atoms with Gasteiger partial charge >= 0.3 is 0 Å². The van der Waals surface area contributed by atoms with Crippen LogP contribution in [0.2, 0.25) is 0 Å². The van der Waals surface area contributed by atoms with Crippen LogP contribution in [0.4, 0.5) is 11.4 Å². The van der Waals surface area contributed by atoms with Crippen LogP contribution in [0, 0.1) is 10.1 Å². The summed E-state index contributed by atoms with van der Waals surface area (Å²) in [4.78, 5) is 25.2. The topological polar surface area (TPSA) is 116 Å². The standard InChI is InChI=1S/C20H22N4O6/c1-28-18-6-3-14(12-19(18)29-2)20(25)22-21-13-15-11-16(24(26)27)4-5-17(15)23-7-9-30-10-8-23/h3-6,11-13H,7-10H2,1-2H3,(H,22,25)/b21-13+. The van der Waals surface area contributed by atoms with Crippen molar-refractivity contribution in [1.29, 1.82) is 0 Å². The Balaban J connectivity index is 1.79. The molecule has 1 fully saturated rings. The number of nitrogens with one attached hydrogen (secondary N) is 1. The summed E-state index contributed by atoms with van der Waals surface area (Å²) in [5.41, 5.74) is 4.02. The molecule has 0 atom stereocenters. The smallest absolute Gasteiger partial charge is 0.271 e. The van der Waals surface area contributed by atoms with Crippen molar-refractivity contribution in [3.63, 3.8) is 0 Å². The van der Waals surface area contributed by atoms with Crippen LogP contribution >= 0.6 is 0 Å². The third-order valence-corrected chi connectivity index (χ3v) is 4.59. The highest BCUT2D eigenvalue weighted by Crippen LogP contribution is 2.28. The van der Waals surface area contributed by atoms with Gasteiger partial charge in [0.25, 0.3) is 11.6 Å². The van der Waals surface area contributed by atoms with E-state index in [1.807, 2.05) is 0 Å². The van der Waals surface area contributed by atoms with Gasteiger partial charge in [0.05, 0.1) is 38.6 Å². The number of amides is 1. The number of methoxy groups -OCH3 is 2. The van der Waals surface area contributed by atoms with Crippen molar-refractivity contribution in [2.75, 3.05) is 45.4 Å². The molecule has 1 N–H and O–H groups in total. The number of rotatable bonds is 7. The number of carbonyl (C=O) groups is 1. The summed E-state index contributed by atoms with van der Waals surface area (Å²) >= 11 is 0. The van der Waals surface area contributed by atoms with E-state index in [4.69, 9.17) is 14.2 Å². The number of hydrazone groups is 1. The molecule has 0 spiro atoms. The number of nitrogens with zero attached hydrogens (tertiary/aromatic N) is 3. The summed E-state index contributed by atoms with van der Waals surface area (Å²) in [7, 11) is 2.99. The molecule has 1 aliphatic rings. The number of nitro benzene ring substituents is 1. The van der Waals surface area contributed by atoms with Crippen LogP contribution in [0.15, 0.2) is 41.5 Å². The Morgan fingerprint density at radius 2 is 1.90 bits per heavy atom. The first-order valence-corrected chi connectivity index (χ1v) is 9.20. The van der Waals surface area contributed by atoms with E-state index in [0.717, 1.165) is 5.69 Å². The summed E-state index contributed by atoms with van der Waals surface area (Å²) < 4.78 is 15.7. The molecule has 2 aromatic rings. The van der Waals surface area contributed by atoms with Crippen molar-refractivity contribution >= 4 is 23.5 Å². The molecule has 2 aromatic carbocycles. The summed E-state index contributed by atoms with van der Waals surface area (Å²) in [5, 5.41) is 15.2. The SMILES string of the molecule is COc1ccc(C(=O)N/N=C/c2cc([N+](=O)[O-])ccc2N2CCOCC2)cc1OC. The second-order valence-corrected chi connectivity index (χ2v) is 6.37. The number of carbonyl (C=O) groups excluding carboxylic acids is 1. The highest BCUT2D eigenvalue weighted by molar-refractivity contribution is 5.96. The van der Waals surface area contributed by atoms with Gasteiger partial charge in [0.1, 0.15) is 0 Å². The molecule has 1 heterocycles. The van der Waals surface area contributed by atoms with Crippen molar-refractivity contribution in [1.82, 2.24) is 5.43 Å². The first kappa shape index (κ1) is 21.1. The Morgan fingerprint density at radius 1 is 1.17 bits per heavy atom. The van der Waals surface area contributed by atoms with E-state index in [2.05, 4.69) is 15.4 Å². The molecule has 30 heavy (non-hydrogen) atoms. The number of non-ortho nitro benzene ring substituents is 1. The third-order valence-electron chi connectivity index (χ3n) is 4.59. The number of hydrogen-bond donors (Lipinski definition) is 1. The Bertz CT molecular complexity index is 956. The van der Waals surface area contributed by atoms with E-state index in [1.165, 1.54) is 38.6 Å². The minimum Gasteiger partial charge on any atom is -0.493 e. The zero-order valence-electron chi connectivity index (χ0n) is 16.7. The normalized spacial score (nSPS) is 13.9. The predicted molar refractivity (Wildman–Crippen MR) is 111 cm³/mol. The van der Waals surface area contributed by atoms with Gasteiger partial charge in [-0.15, -0.1) is 0 Å². The van der Waals surface area contributed by atoms with Crippen molar-refractivity contribution < 1.29 is 23.9 Å². The number of ether oxygens (including phenoxy) is 3. The second-order valence-electron chi connectivity index (χ2n) is 6.37. The van der Waals surface area contributed by atoms with Crippen molar-refractivity contribution in [3.8, 4) is 11.5 Å². The minimum atomic E-state index is -0.470. The van der Waals surface area contributed by atoms with Crippen molar-refractivity contribution in [2.24, 2.45) is 5.10 Å². The molecule has 10 heteroatoms. The van der Waals surface area contributed by atoms with Crippen molar-refractivity contribution in [3.05, 3.63) is 57.6 Å². The molecule has 0 bridgehead atoms. The van der Waals surface area contributed by atoms with Gasteiger partial charge in [0.2, 0.25) is 0 Å². The molecule has 158 valence electrons. The zero-order valence-corrected chi connectivity index (χ0v) is 16.7. The molecular weight excluding hydrogens is 392 g/mol. The second kappa shape index (κ2) is 9.70. The summed E-state index contributed by atoms with van der Waals surface area (Å²) in [5.74, 6) is 0.470. The number of morpholine rings is 1. The molecule has 1 aliphatic heterocycles. The summed E-state index contributed by atoms with van der Waals surface area (Å²) in [6, 6.07) is 9.30. The first-order valence-electron chi connectivity index (χ1n) is 9.20. The predicted octanol–water partition coefficient (Wildman–Crippen LogP) is 2.21. The molecule has 1 amide bonds. The van der Waals surface area contributed by atoms with Gasteiger partial charge in [-0.1, -0.05) is 0 Å². The van der Waals surface area contributed by atoms with Gasteiger partial charge in [-0.25, -0.2) is 5.43 Å². The lowest BCUT2D eigenvalue weighted by Gasteiger charge is -2.29. The molecule has 0 aromatic heterocycles. The van der Waals surface area contributed by atoms with Gasteiger partial charge in [-0.05, 0) is 24.3 Å². The van der Waals surface area contributed by atoms with Gasteiger partial charge in [0, 0.05) is 42.0 Å². The Hall–Kier alpha value is -3.66. The maximum atomic E-state index is 12.4. The Kier molecular flexibility index (Phi) is 6.81. The van der Waals surface area contributed by atoms with E-state index in [0.29, 0.717) is 48.9 Å². The number of anilines is 1. The quantitative estimate of drug-likeness (QED) is 0.419. The van der Waals surface area contributed by atoms with E-state index in [1.54, 1.807) is 18.2 Å². The van der Waals surface area contributed by atoms with Crippen LogP contribution in [0.3, 0.4) is 0 Å². The third kappa shape index (κ3) is 4.84. The van der Waals surface area contributed by atoms with Gasteiger partial charge in [-0.3, -0.25) is 14.9 Å². The molecule has 0 unspecified atom stereocenters. The van der Waals surface area contributed by atoms with E-state index >= 15 is 0 Å². The minimum absolute atomic E-state index is 0.0559. The van der Waals surface area contributed by atoms with E-state index in [-0.39, 0.29) is 5.69 Å².